The number of fused-ring (bicyclic) bond motifs is 1. The molecular formula is C22H18N4O3S. The Kier molecular flexibility index (Phi) is 5.32. The molecular weight excluding hydrogens is 400 g/mol. The van der Waals surface area contributed by atoms with Crippen LogP contribution in [-0.2, 0) is 0 Å². The Balaban J connectivity index is 1.37. The van der Waals surface area contributed by atoms with Gasteiger partial charge in [0.2, 0.25) is 0 Å². The van der Waals surface area contributed by atoms with Gasteiger partial charge >= 0.3 is 5.63 Å². The number of amides is 1. The van der Waals surface area contributed by atoms with E-state index in [0.29, 0.717) is 16.8 Å². The van der Waals surface area contributed by atoms with Crippen LogP contribution in [0.25, 0.3) is 16.7 Å². The molecule has 8 heteroatoms. The van der Waals surface area contributed by atoms with E-state index in [0.717, 1.165) is 16.6 Å². The number of hydrazine groups is 1. The standard InChI is InChI=1S/C22H18N4O3S/c1-14-12-20(27)29-19-13-16(6-9-18(14)19)23-22(30)25-24-21(28)15-4-7-17(8-5-15)26-10-2-3-11-26/h2-13H,1H3,(H,24,28)(H2,23,25,30). The Morgan fingerprint density at radius 3 is 2.47 bits per heavy atom. The lowest BCUT2D eigenvalue weighted by molar-refractivity contribution is 0.0944. The molecule has 0 bridgehead atoms. The fourth-order valence-corrected chi connectivity index (χ4v) is 3.21. The van der Waals surface area contributed by atoms with E-state index in [4.69, 9.17) is 16.6 Å². The van der Waals surface area contributed by atoms with Crippen LogP contribution in [-0.4, -0.2) is 15.6 Å². The maximum absolute atomic E-state index is 12.3. The zero-order chi connectivity index (χ0) is 21.1. The molecule has 7 nitrogen and oxygen atoms in total. The molecule has 2 heterocycles. The number of nitrogens with zero attached hydrogens (tertiary/aromatic N) is 1. The topological polar surface area (TPSA) is 88.3 Å². The zero-order valence-corrected chi connectivity index (χ0v) is 16.8. The number of hydrogen-bond donors (Lipinski definition) is 3. The van der Waals surface area contributed by atoms with Gasteiger partial charge in [0.25, 0.3) is 5.91 Å². The van der Waals surface area contributed by atoms with Gasteiger partial charge in [0.1, 0.15) is 5.58 Å². The number of thiocarbonyl (C=S) groups is 1. The number of benzene rings is 2. The molecule has 0 aliphatic rings. The fraction of sp³-hybridized carbons (Fsp3) is 0.0455. The van der Waals surface area contributed by atoms with E-state index in [1.54, 1.807) is 18.2 Å². The highest BCUT2D eigenvalue weighted by Gasteiger charge is 2.08. The number of nitrogens with one attached hydrogen (secondary N) is 3. The molecule has 0 unspecified atom stereocenters. The highest BCUT2D eigenvalue weighted by atomic mass is 32.1. The molecule has 150 valence electrons. The van der Waals surface area contributed by atoms with Crippen molar-refractivity contribution in [3.05, 3.63) is 94.6 Å². The number of anilines is 1. The predicted octanol–water partition coefficient (Wildman–Crippen LogP) is 3.52. The van der Waals surface area contributed by atoms with E-state index in [1.807, 2.05) is 60.3 Å². The van der Waals surface area contributed by atoms with Crippen molar-refractivity contribution in [1.29, 1.82) is 0 Å². The van der Waals surface area contributed by atoms with Crippen molar-refractivity contribution >= 4 is 39.9 Å². The zero-order valence-electron chi connectivity index (χ0n) is 16.0. The second-order valence-corrected chi connectivity index (χ2v) is 7.04. The smallest absolute Gasteiger partial charge is 0.336 e. The van der Waals surface area contributed by atoms with Crippen molar-refractivity contribution < 1.29 is 9.21 Å². The lowest BCUT2D eigenvalue weighted by Crippen LogP contribution is -2.43. The predicted molar refractivity (Wildman–Crippen MR) is 120 cm³/mol. The Labute approximate surface area is 177 Å². The van der Waals surface area contributed by atoms with Crippen LogP contribution in [0, 0.1) is 6.92 Å². The molecule has 1 amide bonds. The number of carbonyl (C=O) groups is 1. The third-order valence-corrected chi connectivity index (χ3v) is 4.73. The highest BCUT2D eigenvalue weighted by molar-refractivity contribution is 7.80. The first kappa shape index (κ1) is 19.4. The summed E-state index contributed by atoms with van der Waals surface area (Å²) in [7, 11) is 0. The summed E-state index contributed by atoms with van der Waals surface area (Å²) in [6.07, 6.45) is 3.86. The largest absolute Gasteiger partial charge is 0.423 e. The Hall–Kier alpha value is -3.91. The van der Waals surface area contributed by atoms with Gasteiger partial charge in [0.05, 0.1) is 0 Å². The van der Waals surface area contributed by atoms with Crippen LogP contribution in [0.4, 0.5) is 5.69 Å². The molecule has 0 aliphatic heterocycles. The van der Waals surface area contributed by atoms with Crippen molar-refractivity contribution in [3.8, 4) is 5.69 Å². The van der Waals surface area contributed by atoms with Crippen LogP contribution < -0.4 is 21.8 Å². The van der Waals surface area contributed by atoms with E-state index in [1.165, 1.54) is 6.07 Å². The SMILES string of the molecule is Cc1cc(=O)oc2cc(NC(=S)NNC(=O)c3ccc(-n4cccc4)cc3)ccc12. The number of aryl methyl sites for hydroxylation is 1. The minimum absolute atomic E-state index is 0.196. The van der Waals surface area contributed by atoms with Crippen molar-refractivity contribution in [1.82, 2.24) is 15.4 Å². The Morgan fingerprint density at radius 2 is 1.73 bits per heavy atom. The molecule has 0 fully saturated rings. The van der Waals surface area contributed by atoms with Gasteiger partial charge in [0, 0.05) is 46.9 Å². The molecule has 4 rings (SSSR count). The van der Waals surface area contributed by atoms with Gasteiger partial charge in [-0.3, -0.25) is 15.6 Å². The Bertz CT molecular complexity index is 1280. The van der Waals surface area contributed by atoms with Gasteiger partial charge in [-0.05, 0) is 73.2 Å². The third-order valence-electron chi connectivity index (χ3n) is 4.53. The van der Waals surface area contributed by atoms with Crippen LogP contribution in [0.1, 0.15) is 15.9 Å². The lowest BCUT2D eigenvalue weighted by atomic mass is 10.1. The van der Waals surface area contributed by atoms with Crippen LogP contribution in [0.3, 0.4) is 0 Å². The maximum atomic E-state index is 12.3. The molecule has 0 aliphatic carbocycles. The summed E-state index contributed by atoms with van der Waals surface area (Å²) in [5, 5.41) is 3.99. The molecule has 0 saturated heterocycles. The molecule has 0 radical (unpaired) electrons. The van der Waals surface area contributed by atoms with E-state index in [-0.39, 0.29) is 11.0 Å². The average Bonchev–Trinajstić information content (AvgIpc) is 3.26. The van der Waals surface area contributed by atoms with Crippen molar-refractivity contribution in [2.75, 3.05) is 5.32 Å². The highest BCUT2D eigenvalue weighted by Crippen LogP contribution is 2.20. The van der Waals surface area contributed by atoms with Crippen molar-refractivity contribution in [2.24, 2.45) is 0 Å². The minimum Gasteiger partial charge on any atom is -0.423 e. The first-order valence-electron chi connectivity index (χ1n) is 9.15. The quantitative estimate of drug-likeness (QED) is 0.268. The number of carbonyl (C=O) groups excluding carboxylic acids is 1. The summed E-state index contributed by atoms with van der Waals surface area (Å²) in [5.41, 5.74) is 8.18. The Morgan fingerprint density at radius 1 is 1.00 bits per heavy atom. The number of rotatable bonds is 3. The molecule has 0 spiro atoms. The molecule has 2 aromatic carbocycles. The number of aromatic nitrogens is 1. The van der Waals surface area contributed by atoms with Crippen molar-refractivity contribution in [3.63, 3.8) is 0 Å². The maximum Gasteiger partial charge on any atom is 0.336 e. The average molecular weight is 418 g/mol. The minimum atomic E-state index is -0.409. The van der Waals surface area contributed by atoms with E-state index >= 15 is 0 Å². The first-order valence-corrected chi connectivity index (χ1v) is 9.56. The van der Waals surface area contributed by atoms with Gasteiger partial charge < -0.3 is 14.3 Å². The summed E-state index contributed by atoms with van der Waals surface area (Å²) < 4.78 is 7.18. The van der Waals surface area contributed by atoms with Gasteiger partial charge in [-0.1, -0.05) is 0 Å². The van der Waals surface area contributed by atoms with Crippen LogP contribution in [0.2, 0.25) is 0 Å². The van der Waals surface area contributed by atoms with Crippen LogP contribution in [0.5, 0.6) is 0 Å². The van der Waals surface area contributed by atoms with Gasteiger partial charge in [-0.15, -0.1) is 0 Å². The van der Waals surface area contributed by atoms with Gasteiger partial charge in [-0.25, -0.2) is 4.79 Å². The molecule has 0 saturated carbocycles. The van der Waals surface area contributed by atoms with Crippen LogP contribution in [0.15, 0.2) is 82.3 Å². The normalized spacial score (nSPS) is 10.6. The van der Waals surface area contributed by atoms with Crippen LogP contribution >= 0.6 is 12.2 Å². The molecule has 30 heavy (non-hydrogen) atoms. The first-order chi connectivity index (χ1) is 14.5. The lowest BCUT2D eigenvalue weighted by Gasteiger charge is -2.12. The molecule has 3 N–H and O–H groups in total. The number of hydrogen-bond acceptors (Lipinski definition) is 4. The summed E-state index contributed by atoms with van der Waals surface area (Å²) in [6, 6.07) is 17.8. The van der Waals surface area contributed by atoms with Crippen molar-refractivity contribution in [2.45, 2.75) is 6.92 Å². The molecule has 4 aromatic rings. The summed E-state index contributed by atoms with van der Waals surface area (Å²) >= 11 is 5.22. The van der Waals surface area contributed by atoms with E-state index in [9.17, 15) is 9.59 Å². The molecule has 0 atom stereocenters. The van der Waals surface area contributed by atoms with E-state index < -0.39 is 5.63 Å². The second kappa shape index (κ2) is 8.22. The summed E-state index contributed by atoms with van der Waals surface area (Å²) in [5.74, 6) is -0.321. The second-order valence-electron chi connectivity index (χ2n) is 6.63. The summed E-state index contributed by atoms with van der Waals surface area (Å²) in [6.45, 7) is 1.85. The van der Waals surface area contributed by atoms with Gasteiger partial charge in [0.15, 0.2) is 5.11 Å². The fourth-order valence-electron chi connectivity index (χ4n) is 3.04. The monoisotopic (exact) mass is 418 g/mol. The summed E-state index contributed by atoms with van der Waals surface area (Å²) in [4.78, 5) is 23.9. The molecule has 2 aromatic heterocycles. The third kappa shape index (κ3) is 4.23. The van der Waals surface area contributed by atoms with Gasteiger partial charge in [-0.2, -0.15) is 0 Å². The van der Waals surface area contributed by atoms with E-state index in [2.05, 4.69) is 16.2 Å².